The number of nitrogens with zero attached hydrogens (tertiary/aromatic N) is 2. The van der Waals surface area contributed by atoms with Gasteiger partial charge in [0.05, 0.1) is 11.1 Å². The molecule has 0 bridgehead atoms. The molecule has 0 aliphatic rings. The number of carbonyl (C=O) groups excluding carboxylic acids is 1. The van der Waals surface area contributed by atoms with Gasteiger partial charge in [-0.3, -0.25) is 4.79 Å². The molecule has 18 heavy (non-hydrogen) atoms. The fourth-order valence-electron chi connectivity index (χ4n) is 1.14. The normalized spacial score (nSPS) is 12.9. The smallest absolute Gasteiger partial charge is 0.258 e. The highest BCUT2D eigenvalue weighted by molar-refractivity contribution is 5.97. The number of hydrogen-bond donors (Lipinski definition) is 2. The molecule has 1 aromatic carbocycles. The van der Waals surface area contributed by atoms with Gasteiger partial charge in [0.1, 0.15) is 18.8 Å². The van der Waals surface area contributed by atoms with Crippen molar-refractivity contribution in [2.45, 2.75) is 12.5 Å². The Bertz CT molecular complexity index is 555. The molecule has 0 saturated carbocycles. The minimum atomic E-state index is -2.12. The molecule has 92 valence electrons. The maximum atomic E-state index is 12.4. The van der Waals surface area contributed by atoms with Gasteiger partial charge >= 0.3 is 0 Å². The van der Waals surface area contributed by atoms with Crippen molar-refractivity contribution in [2.24, 2.45) is 0 Å². The molecule has 0 aliphatic carbocycles. The number of alkyl halides is 1. The van der Waals surface area contributed by atoms with Gasteiger partial charge < -0.3 is 10.4 Å². The third-order valence-corrected chi connectivity index (χ3v) is 2.27. The summed E-state index contributed by atoms with van der Waals surface area (Å²) in [6, 6.07) is 7.66. The topological polar surface area (TPSA) is 96.9 Å². The quantitative estimate of drug-likeness (QED) is 0.835. The van der Waals surface area contributed by atoms with Gasteiger partial charge in [0.15, 0.2) is 5.60 Å². The summed E-state index contributed by atoms with van der Waals surface area (Å²) in [5.74, 6) is -0.918. The lowest BCUT2D eigenvalue weighted by Crippen LogP contribution is -2.41. The van der Waals surface area contributed by atoms with Crippen LogP contribution in [-0.4, -0.2) is 23.3 Å². The van der Waals surface area contributed by atoms with Crippen LogP contribution in [0, 0.1) is 22.7 Å². The number of anilines is 1. The van der Waals surface area contributed by atoms with Crippen LogP contribution in [0.1, 0.15) is 18.1 Å². The Morgan fingerprint density at radius 1 is 1.44 bits per heavy atom. The molecule has 5 nitrogen and oxygen atoms in total. The molecule has 0 spiro atoms. The van der Waals surface area contributed by atoms with Crippen molar-refractivity contribution in [1.29, 1.82) is 10.5 Å². The molecule has 0 radical (unpaired) electrons. The van der Waals surface area contributed by atoms with E-state index >= 15 is 0 Å². The number of rotatable bonds is 3. The summed E-state index contributed by atoms with van der Waals surface area (Å²) < 4.78 is 12.4. The van der Waals surface area contributed by atoms with E-state index in [-0.39, 0.29) is 16.8 Å². The molecule has 1 aromatic rings. The van der Waals surface area contributed by atoms with Crippen LogP contribution < -0.4 is 5.32 Å². The average Bonchev–Trinajstić information content (AvgIpc) is 2.38. The van der Waals surface area contributed by atoms with E-state index in [0.717, 1.165) is 6.92 Å². The number of nitrogens with one attached hydrogen (secondary N) is 1. The van der Waals surface area contributed by atoms with Crippen LogP contribution in [0.3, 0.4) is 0 Å². The zero-order valence-corrected chi connectivity index (χ0v) is 9.57. The fourth-order valence-corrected chi connectivity index (χ4v) is 1.14. The summed E-state index contributed by atoms with van der Waals surface area (Å²) in [7, 11) is 0. The summed E-state index contributed by atoms with van der Waals surface area (Å²) in [5, 5.41) is 29.1. The zero-order valence-electron chi connectivity index (χ0n) is 9.57. The Kier molecular flexibility index (Phi) is 3.98. The maximum absolute atomic E-state index is 12.4. The minimum Gasteiger partial charge on any atom is -0.378 e. The van der Waals surface area contributed by atoms with Gasteiger partial charge in [-0.2, -0.15) is 10.5 Å². The van der Waals surface area contributed by atoms with E-state index < -0.39 is 18.2 Å². The standard InChI is InChI=1S/C12H10FN3O2/c1-12(18,7-13)11(17)16-10-3-2-8(5-14)9(4-10)6-15/h2-4,18H,7H2,1H3,(H,16,17). The van der Waals surface area contributed by atoms with Crippen LogP contribution in [-0.2, 0) is 4.79 Å². The molecule has 2 N–H and O–H groups in total. The largest absolute Gasteiger partial charge is 0.378 e. The summed E-state index contributed by atoms with van der Waals surface area (Å²) in [6.07, 6.45) is 0. The molecule has 1 amide bonds. The Labute approximate surface area is 103 Å². The lowest BCUT2D eigenvalue weighted by Gasteiger charge is -2.18. The number of halogens is 1. The van der Waals surface area contributed by atoms with Crippen molar-refractivity contribution < 1.29 is 14.3 Å². The van der Waals surface area contributed by atoms with Crippen LogP contribution in [0.4, 0.5) is 10.1 Å². The van der Waals surface area contributed by atoms with Crippen LogP contribution in [0.25, 0.3) is 0 Å². The number of nitriles is 2. The number of aliphatic hydroxyl groups is 1. The average molecular weight is 247 g/mol. The Hall–Kier alpha value is -2.44. The SMILES string of the molecule is CC(O)(CF)C(=O)Nc1ccc(C#N)c(C#N)c1. The van der Waals surface area contributed by atoms with Gasteiger partial charge in [-0.1, -0.05) is 0 Å². The highest BCUT2D eigenvalue weighted by Gasteiger charge is 2.30. The first-order chi connectivity index (χ1) is 8.44. The van der Waals surface area contributed by atoms with Crippen molar-refractivity contribution >= 4 is 11.6 Å². The first-order valence-electron chi connectivity index (χ1n) is 4.98. The van der Waals surface area contributed by atoms with E-state index in [4.69, 9.17) is 10.5 Å². The van der Waals surface area contributed by atoms with Crippen molar-refractivity contribution in [2.75, 3.05) is 12.0 Å². The van der Waals surface area contributed by atoms with Crippen molar-refractivity contribution in [3.63, 3.8) is 0 Å². The third-order valence-electron chi connectivity index (χ3n) is 2.27. The summed E-state index contributed by atoms with van der Waals surface area (Å²) in [4.78, 5) is 11.5. The predicted octanol–water partition coefficient (Wildman–Crippen LogP) is 1.09. The maximum Gasteiger partial charge on any atom is 0.258 e. The van der Waals surface area contributed by atoms with Gasteiger partial charge in [-0.15, -0.1) is 0 Å². The molecule has 0 aliphatic heterocycles. The van der Waals surface area contributed by atoms with E-state index in [1.54, 1.807) is 6.07 Å². The van der Waals surface area contributed by atoms with E-state index in [1.165, 1.54) is 18.2 Å². The van der Waals surface area contributed by atoms with Crippen molar-refractivity contribution in [3.8, 4) is 12.1 Å². The highest BCUT2D eigenvalue weighted by Crippen LogP contribution is 2.16. The van der Waals surface area contributed by atoms with E-state index in [1.807, 2.05) is 6.07 Å². The molecule has 1 unspecified atom stereocenters. The molecule has 1 atom stereocenters. The lowest BCUT2D eigenvalue weighted by atomic mass is 10.1. The number of hydrogen-bond acceptors (Lipinski definition) is 4. The molecular formula is C12H10FN3O2. The van der Waals surface area contributed by atoms with Crippen LogP contribution >= 0.6 is 0 Å². The monoisotopic (exact) mass is 247 g/mol. The zero-order chi connectivity index (χ0) is 13.8. The third kappa shape index (κ3) is 2.82. The molecular weight excluding hydrogens is 237 g/mol. The molecule has 0 fully saturated rings. The van der Waals surface area contributed by atoms with Crippen LogP contribution in [0.2, 0.25) is 0 Å². The van der Waals surface area contributed by atoms with Crippen molar-refractivity contribution in [3.05, 3.63) is 29.3 Å². The van der Waals surface area contributed by atoms with Gasteiger partial charge in [0.2, 0.25) is 0 Å². The number of amides is 1. The second-order valence-corrected chi connectivity index (χ2v) is 3.85. The molecule has 0 saturated heterocycles. The van der Waals surface area contributed by atoms with Gasteiger partial charge in [-0.25, -0.2) is 4.39 Å². The second kappa shape index (κ2) is 5.26. The van der Waals surface area contributed by atoms with Crippen LogP contribution in [0.15, 0.2) is 18.2 Å². The summed E-state index contributed by atoms with van der Waals surface area (Å²) in [6.45, 7) is -0.183. The molecule has 0 heterocycles. The van der Waals surface area contributed by atoms with Gasteiger partial charge in [0.25, 0.3) is 5.91 Å². The summed E-state index contributed by atoms with van der Waals surface area (Å²) >= 11 is 0. The first-order valence-corrected chi connectivity index (χ1v) is 4.98. The molecule has 6 heteroatoms. The molecule has 0 aromatic heterocycles. The minimum absolute atomic E-state index is 0.0928. The number of benzene rings is 1. The predicted molar refractivity (Wildman–Crippen MR) is 61.1 cm³/mol. The van der Waals surface area contributed by atoms with Gasteiger partial charge in [-0.05, 0) is 25.1 Å². The van der Waals surface area contributed by atoms with E-state index in [0.29, 0.717) is 0 Å². The lowest BCUT2D eigenvalue weighted by molar-refractivity contribution is -0.133. The van der Waals surface area contributed by atoms with Crippen molar-refractivity contribution in [1.82, 2.24) is 0 Å². The fraction of sp³-hybridized carbons (Fsp3) is 0.250. The Balaban J connectivity index is 2.98. The number of carbonyl (C=O) groups is 1. The molecule has 1 rings (SSSR count). The summed E-state index contributed by atoms with van der Waals surface area (Å²) in [5.41, 5.74) is -1.65. The van der Waals surface area contributed by atoms with Gasteiger partial charge in [0, 0.05) is 5.69 Å². The Morgan fingerprint density at radius 2 is 2.06 bits per heavy atom. The van der Waals surface area contributed by atoms with E-state index in [2.05, 4.69) is 5.32 Å². The van der Waals surface area contributed by atoms with Crippen LogP contribution in [0.5, 0.6) is 0 Å². The Morgan fingerprint density at radius 3 is 2.56 bits per heavy atom. The first kappa shape index (κ1) is 13.6. The second-order valence-electron chi connectivity index (χ2n) is 3.85. The van der Waals surface area contributed by atoms with E-state index in [9.17, 15) is 14.3 Å². The highest BCUT2D eigenvalue weighted by atomic mass is 19.1.